The van der Waals surface area contributed by atoms with Gasteiger partial charge >= 0.3 is 0 Å². The third kappa shape index (κ3) is 2.72. The summed E-state index contributed by atoms with van der Waals surface area (Å²) in [5.74, 6) is -0.228. The van der Waals surface area contributed by atoms with Crippen LogP contribution in [0.4, 0.5) is 4.39 Å². The average Bonchev–Trinajstić information content (AvgIpc) is 3.40. The summed E-state index contributed by atoms with van der Waals surface area (Å²) in [4.78, 5) is 3.63. The van der Waals surface area contributed by atoms with E-state index >= 15 is 4.39 Å². The highest BCUT2D eigenvalue weighted by molar-refractivity contribution is 9.10. The molecule has 0 aliphatic heterocycles. The molecular weight excluding hydrogens is 487 g/mol. The van der Waals surface area contributed by atoms with Gasteiger partial charge in [-0.05, 0) is 36.4 Å². The van der Waals surface area contributed by atoms with Crippen molar-refractivity contribution >= 4 is 59.5 Å². The van der Waals surface area contributed by atoms with Crippen molar-refractivity contribution in [3.63, 3.8) is 0 Å². The molecule has 1 N–H and O–H groups in total. The van der Waals surface area contributed by atoms with E-state index in [1.165, 1.54) is 11.5 Å². The van der Waals surface area contributed by atoms with Crippen LogP contribution in [0, 0.1) is 5.82 Å². The molecule has 162 valence electrons. The van der Waals surface area contributed by atoms with Gasteiger partial charge < -0.3 is 9.55 Å². The van der Waals surface area contributed by atoms with Crippen molar-refractivity contribution in [1.82, 2.24) is 9.55 Å². The molecule has 7 rings (SSSR count). The fourth-order valence-corrected chi connectivity index (χ4v) is 5.71. The minimum atomic E-state index is -0.228. The Hall–Kier alpha value is -3.89. The molecule has 0 spiro atoms. The minimum Gasteiger partial charge on any atom is -0.354 e. The molecular formula is C30H18BrFN2. The monoisotopic (exact) mass is 504 g/mol. The van der Waals surface area contributed by atoms with Gasteiger partial charge in [0.05, 0.1) is 22.2 Å². The number of aromatic amines is 1. The summed E-state index contributed by atoms with van der Waals surface area (Å²) in [6.07, 6.45) is 0. The fourth-order valence-electron chi connectivity index (χ4n) is 5.25. The third-order valence-electron chi connectivity index (χ3n) is 6.66. The second-order valence-corrected chi connectivity index (χ2v) is 9.47. The van der Waals surface area contributed by atoms with Gasteiger partial charge in [0.25, 0.3) is 0 Å². The maximum absolute atomic E-state index is 15.3. The summed E-state index contributed by atoms with van der Waals surface area (Å²) in [6, 6.07) is 34.3. The number of fused-ring (bicyclic) bond motifs is 6. The number of halogens is 2. The van der Waals surface area contributed by atoms with Gasteiger partial charge in [-0.2, -0.15) is 0 Å². The second kappa shape index (κ2) is 7.31. The highest BCUT2D eigenvalue weighted by Crippen LogP contribution is 2.41. The van der Waals surface area contributed by atoms with Crippen LogP contribution in [0.25, 0.3) is 60.4 Å². The Bertz CT molecular complexity index is 1890. The second-order valence-electron chi connectivity index (χ2n) is 8.55. The Kier molecular flexibility index (Phi) is 4.20. The lowest BCUT2D eigenvalue weighted by Crippen LogP contribution is -1.99. The number of hydrogen-bond donors (Lipinski definition) is 1. The first-order valence-corrected chi connectivity index (χ1v) is 12.0. The first kappa shape index (κ1) is 19.6. The molecule has 2 nitrogen and oxygen atoms in total. The van der Waals surface area contributed by atoms with E-state index in [1.807, 2.05) is 36.4 Å². The van der Waals surface area contributed by atoms with E-state index < -0.39 is 0 Å². The number of nitrogens with zero attached hydrogens (tertiary/aromatic N) is 1. The molecule has 0 unspecified atom stereocenters. The van der Waals surface area contributed by atoms with Gasteiger partial charge in [-0.3, -0.25) is 0 Å². The highest BCUT2D eigenvalue weighted by atomic mass is 79.9. The van der Waals surface area contributed by atoms with Crippen molar-refractivity contribution < 1.29 is 4.39 Å². The van der Waals surface area contributed by atoms with E-state index in [2.05, 4.69) is 80.1 Å². The van der Waals surface area contributed by atoms with Crippen LogP contribution in [0.15, 0.2) is 108 Å². The highest BCUT2D eigenvalue weighted by Gasteiger charge is 2.19. The zero-order valence-corrected chi connectivity index (χ0v) is 19.6. The summed E-state index contributed by atoms with van der Waals surface area (Å²) in [5.41, 5.74) is 6.79. The van der Waals surface area contributed by atoms with Gasteiger partial charge in [0.15, 0.2) is 0 Å². The van der Waals surface area contributed by atoms with Crippen LogP contribution >= 0.6 is 15.9 Å². The smallest absolute Gasteiger partial charge is 0.147 e. The van der Waals surface area contributed by atoms with E-state index in [0.29, 0.717) is 5.52 Å². The zero-order valence-electron chi connectivity index (χ0n) is 18.0. The maximum atomic E-state index is 15.3. The summed E-state index contributed by atoms with van der Waals surface area (Å²) in [5, 5.41) is 4.29. The van der Waals surface area contributed by atoms with E-state index in [-0.39, 0.29) is 5.82 Å². The van der Waals surface area contributed by atoms with Crippen LogP contribution in [-0.2, 0) is 0 Å². The van der Waals surface area contributed by atoms with E-state index in [1.54, 1.807) is 6.07 Å². The largest absolute Gasteiger partial charge is 0.354 e. The lowest BCUT2D eigenvalue weighted by Gasteiger charge is -2.15. The van der Waals surface area contributed by atoms with Crippen LogP contribution in [0.2, 0.25) is 0 Å². The number of nitrogens with one attached hydrogen (secondary N) is 1. The lowest BCUT2D eigenvalue weighted by molar-refractivity contribution is 0.635. The van der Waals surface area contributed by atoms with E-state index in [9.17, 15) is 0 Å². The van der Waals surface area contributed by atoms with E-state index in [0.717, 1.165) is 54.0 Å². The van der Waals surface area contributed by atoms with Crippen LogP contribution < -0.4 is 0 Å². The Balaban J connectivity index is 1.63. The number of rotatable bonds is 2. The van der Waals surface area contributed by atoms with E-state index in [4.69, 9.17) is 0 Å². The van der Waals surface area contributed by atoms with Crippen LogP contribution in [0.1, 0.15) is 0 Å². The van der Waals surface area contributed by atoms with Crippen LogP contribution in [-0.4, -0.2) is 9.55 Å². The molecule has 0 saturated heterocycles. The van der Waals surface area contributed by atoms with Crippen molar-refractivity contribution in [3.05, 3.63) is 113 Å². The van der Waals surface area contributed by atoms with Crippen molar-refractivity contribution in [2.45, 2.75) is 0 Å². The Labute approximate surface area is 203 Å². The first-order valence-electron chi connectivity index (χ1n) is 11.2. The Morgan fingerprint density at radius 1 is 0.647 bits per heavy atom. The number of para-hydroxylation sites is 4. The van der Waals surface area contributed by atoms with Gasteiger partial charge in [0, 0.05) is 42.7 Å². The lowest BCUT2D eigenvalue weighted by atomic mass is 10.00. The molecule has 0 radical (unpaired) electrons. The molecule has 0 aliphatic carbocycles. The predicted octanol–water partition coefficient (Wildman–Crippen LogP) is 8.99. The van der Waals surface area contributed by atoms with Crippen molar-refractivity contribution in [2.75, 3.05) is 0 Å². The van der Waals surface area contributed by atoms with Gasteiger partial charge in [-0.15, -0.1) is 0 Å². The molecule has 0 amide bonds. The molecule has 2 heterocycles. The molecule has 7 aromatic rings. The summed E-state index contributed by atoms with van der Waals surface area (Å²) in [6.45, 7) is 0. The van der Waals surface area contributed by atoms with Gasteiger partial charge in [-0.1, -0.05) is 82.7 Å². The normalized spacial score (nSPS) is 11.8. The Morgan fingerprint density at radius 2 is 1.38 bits per heavy atom. The minimum absolute atomic E-state index is 0.228. The van der Waals surface area contributed by atoms with Crippen molar-refractivity contribution in [1.29, 1.82) is 0 Å². The summed E-state index contributed by atoms with van der Waals surface area (Å²) in [7, 11) is 0. The third-order valence-corrected chi connectivity index (χ3v) is 7.12. The Morgan fingerprint density at radius 3 is 2.29 bits per heavy atom. The molecule has 0 fully saturated rings. The van der Waals surface area contributed by atoms with Gasteiger partial charge in [0.1, 0.15) is 5.82 Å². The van der Waals surface area contributed by atoms with Crippen LogP contribution in [0.5, 0.6) is 0 Å². The number of aromatic nitrogens is 2. The topological polar surface area (TPSA) is 20.7 Å². The molecule has 4 heteroatoms. The van der Waals surface area contributed by atoms with Crippen LogP contribution in [0.3, 0.4) is 0 Å². The van der Waals surface area contributed by atoms with Gasteiger partial charge in [-0.25, -0.2) is 4.39 Å². The van der Waals surface area contributed by atoms with Gasteiger partial charge in [0.2, 0.25) is 0 Å². The zero-order chi connectivity index (χ0) is 22.8. The SMILES string of the molecule is Fc1cccc2c3ccccc3n(-c3ccccc3-c3cc(Br)cc4c3[nH]c3ccccc34)c12. The average molecular weight is 505 g/mol. The number of H-pyrrole nitrogens is 1. The number of hydrogen-bond acceptors (Lipinski definition) is 0. The molecule has 0 bridgehead atoms. The van der Waals surface area contributed by atoms with Crippen molar-refractivity contribution in [3.8, 4) is 16.8 Å². The molecule has 2 aromatic heterocycles. The first-order chi connectivity index (χ1) is 16.7. The molecule has 0 saturated carbocycles. The maximum Gasteiger partial charge on any atom is 0.147 e. The molecule has 0 atom stereocenters. The number of benzene rings is 5. The summed E-state index contributed by atoms with van der Waals surface area (Å²) < 4.78 is 18.4. The fraction of sp³-hybridized carbons (Fsp3) is 0. The molecule has 34 heavy (non-hydrogen) atoms. The standard InChI is InChI=1S/C30H18BrFN2/c31-18-16-23-19-8-1-4-13-26(19)33-29(23)24(17-18)21-10-3-6-15-28(21)34-27-14-5-2-9-20(27)22-11-7-12-25(32)30(22)34/h1-17,33H. The molecule has 0 aliphatic rings. The quantitative estimate of drug-likeness (QED) is 0.242. The molecule has 5 aromatic carbocycles. The predicted molar refractivity (Wildman–Crippen MR) is 143 cm³/mol. The summed E-state index contributed by atoms with van der Waals surface area (Å²) >= 11 is 3.73. The van der Waals surface area contributed by atoms with Crippen molar-refractivity contribution in [2.24, 2.45) is 0 Å².